The number of anilines is 3. The highest BCUT2D eigenvalue weighted by molar-refractivity contribution is 6.30. The summed E-state index contributed by atoms with van der Waals surface area (Å²) in [7, 11) is 0. The van der Waals surface area contributed by atoms with Crippen molar-refractivity contribution in [3.8, 4) is 17.3 Å². The summed E-state index contributed by atoms with van der Waals surface area (Å²) in [4.78, 5) is 32.0. The normalized spacial score (nSPS) is 10.3. The average molecular weight is 456 g/mol. The second-order valence-corrected chi connectivity index (χ2v) is 7.61. The van der Waals surface area contributed by atoms with Gasteiger partial charge in [-0.1, -0.05) is 54.1 Å². The monoisotopic (exact) mass is 455 g/mol. The third kappa shape index (κ3) is 5.45. The highest BCUT2D eigenvalue weighted by atomic mass is 35.5. The van der Waals surface area contributed by atoms with Crippen LogP contribution in [-0.2, 0) is 11.2 Å². The molecule has 0 unspecified atom stereocenters. The summed E-state index contributed by atoms with van der Waals surface area (Å²) in [5, 5.41) is 16.0. The molecule has 4 rings (SSSR count). The first-order valence-electron chi connectivity index (χ1n) is 10.0. The Kier molecular flexibility index (Phi) is 6.48. The molecule has 7 nitrogen and oxygen atoms in total. The molecule has 4 aromatic rings. The van der Waals surface area contributed by atoms with E-state index in [0.717, 1.165) is 5.56 Å². The maximum atomic E-state index is 12.5. The molecule has 33 heavy (non-hydrogen) atoms. The standard InChI is InChI=1S/C25H18ClN5O2/c26-18-9-11-19(12-10-18)29-25-30-23(21(15-27)24(33)31-25)17-7-4-8-20(14-17)28-22(32)13-16-5-2-1-3-6-16/h1-12,14H,13H2,(H,28,32)(H2,29,30,31,33). The van der Waals surface area contributed by atoms with Crippen LogP contribution >= 0.6 is 11.6 Å². The van der Waals surface area contributed by atoms with Gasteiger partial charge in [0.05, 0.1) is 12.1 Å². The fraction of sp³-hybridized carbons (Fsp3) is 0.0400. The van der Waals surface area contributed by atoms with Crippen molar-refractivity contribution in [3.63, 3.8) is 0 Å². The molecule has 0 bridgehead atoms. The SMILES string of the molecule is N#Cc1c(-c2cccc(NC(=O)Cc3ccccc3)c2)nc(Nc2ccc(Cl)cc2)[nH]c1=O. The molecule has 0 saturated heterocycles. The van der Waals surface area contributed by atoms with Gasteiger partial charge >= 0.3 is 0 Å². The lowest BCUT2D eigenvalue weighted by atomic mass is 10.1. The summed E-state index contributed by atoms with van der Waals surface area (Å²) < 4.78 is 0. The van der Waals surface area contributed by atoms with E-state index in [1.54, 1.807) is 48.5 Å². The second-order valence-electron chi connectivity index (χ2n) is 7.17. The zero-order valence-corrected chi connectivity index (χ0v) is 18.1. The zero-order chi connectivity index (χ0) is 23.2. The van der Waals surface area contributed by atoms with Gasteiger partial charge < -0.3 is 10.6 Å². The molecule has 0 saturated carbocycles. The third-order valence-corrected chi connectivity index (χ3v) is 5.02. The van der Waals surface area contributed by atoms with Gasteiger partial charge in [-0.15, -0.1) is 0 Å². The Hall–Kier alpha value is -4.41. The van der Waals surface area contributed by atoms with Gasteiger partial charge in [-0.2, -0.15) is 5.26 Å². The predicted octanol–water partition coefficient (Wildman–Crippen LogP) is 4.89. The molecular weight excluding hydrogens is 438 g/mol. The number of hydrogen-bond acceptors (Lipinski definition) is 5. The Morgan fingerprint density at radius 3 is 2.48 bits per heavy atom. The first-order valence-corrected chi connectivity index (χ1v) is 10.4. The Morgan fingerprint density at radius 2 is 1.76 bits per heavy atom. The van der Waals surface area contributed by atoms with E-state index in [2.05, 4.69) is 20.6 Å². The highest BCUT2D eigenvalue weighted by Crippen LogP contribution is 2.25. The number of rotatable bonds is 6. The number of amides is 1. The fourth-order valence-electron chi connectivity index (χ4n) is 3.25. The van der Waals surface area contributed by atoms with Gasteiger partial charge in [-0.25, -0.2) is 4.98 Å². The minimum Gasteiger partial charge on any atom is -0.326 e. The molecular formula is C25H18ClN5O2. The molecule has 0 aliphatic rings. The van der Waals surface area contributed by atoms with Crippen LogP contribution in [0.1, 0.15) is 11.1 Å². The summed E-state index contributed by atoms with van der Waals surface area (Å²) in [6.45, 7) is 0. The largest absolute Gasteiger partial charge is 0.326 e. The van der Waals surface area contributed by atoms with E-state index in [4.69, 9.17) is 11.6 Å². The number of aromatic nitrogens is 2. The molecule has 3 aromatic carbocycles. The van der Waals surface area contributed by atoms with Crippen molar-refractivity contribution in [1.82, 2.24) is 9.97 Å². The number of nitrogens with zero attached hydrogens (tertiary/aromatic N) is 2. The number of nitriles is 1. The average Bonchev–Trinajstić information content (AvgIpc) is 2.81. The van der Waals surface area contributed by atoms with Crippen molar-refractivity contribution >= 4 is 34.8 Å². The molecule has 0 aliphatic heterocycles. The van der Waals surface area contributed by atoms with Crippen molar-refractivity contribution in [1.29, 1.82) is 5.26 Å². The van der Waals surface area contributed by atoms with E-state index < -0.39 is 5.56 Å². The highest BCUT2D eigenvalue weighted by Gasteiger charge is 2.15. The van der Waals surface area contributed by atoms with E-state index in [1.165, 1.54) is 0 Å². The van der Waals surface area contributed by atoms with Gasteiger partial charge in [0.15, 0.2) is 0 Å². The number of carbonyl (C=O) groups excluding carboxylic acids is 1. The summed E-state index contributed by atoms with van der Waals surface area (Å²) in [5.74, 6) is -0.00217. The Labute approximate surface area is 194 Å². The number of aromatic amines is 1. The molecule has 0 radical (unpaired) electrons. The summed E-state index contributed by atoms with van der Waals surface area (Å²) in [6.07, 6.45) is 0.229. The zero-order valence-electron chi connectivity index (χ0n) is 17.3. The molecule has 162 valence electrons. The smallest absolute Gasteiger partial charge is 0.270 e. The molecule has 1 heterocycles. The second kappa shape index (κ2) is 9.81. The molecule has 0 fully saturated rings. The lowest BCUT2D eigenvalue weighted by molar-refractivity contribution is -0.115. The van der Waals surface area contributed by atoms with Gasteiger partial charge in [0.25, 0.3) is 5.56 Å². The number of hydrogen-bond donors (Lipinski definition) is 3. The van der Waals surface area contributed by atoms with E-state index in [9.17, 15) is 14.9 Å². The lowest BCUT2D eigenvalue weighted by Gasteiger charge is -2.11. The van der Waals surface area contributed by atoms with Crippen LogP contribution in [-0.4, -0.2) is 15.9 Å². The maximum absolute atomic E-state index is 12.5. The van der Waals surface area contributed by atoms with Crippen LogP contribution in [0.4, 0.5) is 17.3 Å². The number of halogens is 1. The van der Waals surface area contributed by atoms with Crippen LogP contribution in [0, 0.1) is 11.3 Å². The predicted molar refractivity (Wildman–Crippen MR) is 129 cm³/mol. The van der Waals surface area contributed by atoms with Crippen LogP contribution < -0.4 is 16.2 Å². The van der Waals surface area contributed by atoms with Crippen LogP contribution in [0.2, 0.25) is 5.02 Å². The number of carbonyl (C=O) groups is 1. The quantitative estimate of drug-likeness (QED) is 0.383. The van der Waals surface area contributed by atoms with Gasteiger partial charge in [-0.3, -0.25) is 14.6 Å². The summed E-state index contributed by atoms with van der Waals surface area (Å²) >= 11 is 5.91. The summed E-state index contributed by atoms with van der Waals surface area (Å²) in [5.41, 5.74) is 2.13. The first-order chi connectivity index (χ1) is 16.0. The van der Waals surface area contributed by atoms with Gasteiger partial charge in [0, 0.05) is 22.0 Å². The van der Waals surface area contributed by atoms with Crippen molar-refractivity contribution in [2.75, 3.05) is 10.6 Å². The number of nitrogens with one attached hydrogen (secondary N) is 3. The van der Waals surface area contributed by atoms with Crippen molar-refractivity contribution in [2.24, 2.45) is 0 Å². The molecule has 3 N–H and O–H groups in total. The maximum Gasteiger partial charge on any atom is 0.270 e. The van der Waals surface area contributed by atoms with Crippen molar-refractivity contribution < 1.29 is 4.79 Å². The van der Waals surface area contributed by atoms with Crippen molar-refractivity contribution in [3.05, 3.63) is 105 Å². The first kappa shape index (κ1) is 21.8. The topological polar surface area (TPSA) is 111 Å². The van der Waals surface area contributed by atoms with Gasteiger partial charge in [0.2, 0.25) is 11.9 Å². The minimum atomic E-state index is -0.572. The van der Waals surface area contributed by atoms with E-state index >= 15 is 0 Å². The molecule has 0 aliphatic carbocycles. The molecule has 1 amide bonds. The Balaban J connectivity index is 1.61. The molecule has 1 aromatic heterocycles. The minimum absolute atomic E-state index is 0.121. The van der Waals surface area contributed by atoms with Gasteiger partial charge in [0.1, 0.15) is 11.6 Å². The fourth-order valence-corrected chi connectivity index (χ4v) is 3.37. The van der Waals surface area contributed by atoms with Gasteiger partial charge in [-0.05, 0) is 42.0 Å². The van der Waals surface area contributed by atoms with E-state index in [0.29, 0.717) is 22.0 Å². The lowest BCUT2D eigenvalue weighted by Crippen LogP contribution is -2.16. The van der Waals surface area contributed by atoms with Crippen LogP contribution in [0.5, 0.6) is 0 Å². The summed E-state index contributed by atoms with van der Waals surface area (Å²) in [6, 6.07) is 25.1. The molecule has 0 spiro atoms. The Bertz CT molecular complexity index is 1390. The van der Waals surface area contributed by atoms with Crippen LogP contribution in [0.25, 0.3) is 11.3 Å². The molecule has 8 heteroatoms. The van der Waals surface area contributed by atoms with Crippen LogP contribution in [0.3, 0.4) is 0 Å². The van der Waals surface area contributed by atoms with Crippen molar-refractivity contribution in [2.45, 2.75) is 6.42 Å². The van der Waals surface area contributed by atoms with Crippen LogP contribution in [0.15, 0.2) is 83.7 Å². The number of benzene rings is 3. The molecule has 0 atom stereocenters. The third-order valence-electron chi connectivity index (χ3n) is 4.77. The van der Waals surface area contributed by atoms with E-state index in [1.807, 2.05) is 36.4 Å². The van der Waals surface area contributed by atoms with E-state index in [-0.39, 0.29) is 29.5 Å². The Morgan fingerprint density at radius 1 is 1.00 bits per heavy atom. The number of H-pyrrole nitrogens is 1.